The number of carbonyl (C=O) groups is 1. The number of nitrogens with zero attached hydrogens (tertiary/aromatic N) is 4. The van der Waals surface area contributed by atoms with Gasteiger partial charge in [-0.15, -0.1) is 10.2 Å². The Morgan fingerprint density at radius 1 is 1.24 bits per heavy atom. The first-order chi connectivity index (χ1) is 14.0. The van der Waals surface area contributed by atoms with E-state index in [-0.39, 0.29) is 5.91 Å². The summed E-state index contributed by atoms with van der Waals surface area (Å²) in [6.07, 6.45) is 1.65. The van der Waals surface area contributed by atoms with Crippen molar-refractivity contribution in [3.63, 3.8) is 0 Å². The van der Waals surface area contributed by atoms with Crippen LogP contribution in [0.2, 0.25) is 0 Å². The molecule has 2 heterocycles. The van der Waals surface area contributed by atoms with Crippen molar-refractivity contribution in [2.24, 2.45) is 0 Å². The standard InChI is InChI=1S/C22H26N4O2S/c1-5-25(13-16(2)3)20(27)15-29-22-24-23-21(19-11-7-6-9-17(19)4)26(22)14-18-10-8-12-28-18/h6-12H,2,5,13-15H2,1,3-4H3. The van der Waals surface area contributed by atoms with Crippen LogP contribution in [0, 0.1) is 6.92 Å². The minimum absolute atomic E-state index is 0.0606. The molecule has 29 heavy (non-hydrogen) atoms. The normalized spacial score (nSPS) is 10.9. The van der Waals surface area contributed by atoms with Gasteiger partial charge in [0.2, 0.25) is 5.91 Å². The first-order valence-corrected chi connectivity index (χ1v) is 10.5. The Labute approximate surface area is 175 Å². The number of aromatic nitrogens is 3. The number of thioether (sulfide) groups is 1. The van der Waals surface area contributed by atoms with Crippen molar-refractivity contribution in [1.29, 1.82) is 0 Å². The van der Waals surface area contributed by atoms with Crippen LogP contribution in [-0.2, 0) is 11.3 Å². The van der Waals surface area contributed by atoms with E-state index in [1.165, 1.54) is 11.8 Å². The van der Waals surface area contributed by atoms with Crippen molar-refractivity contribution in [2.45, 2.75) is 32.5 Å². The first kappa shape index (κ1) is 20.9. The Hall–Kier alpha value is -2.80. The molecule has 2 aromatic heterocycles. The van der Waals surface area contributed by atoms with Gasteiger partial charge in [-0.05, 0) is 38.5 Å². The molecule has 0 saturated heterocycles. The SMILES string of the molecule is C=C(C)CN(CC)C(=O)CSc1nnc(-c2ccccc2C)n1Cc1ccco1. The van der Waals surface area contributed by atoms with E-state index in [1.54, 1.807) is 11.2 Å². The van der Waals surface area contributed by atoms with Crippen LogP contribution in [0.1, 0.15) is 25.2 Å². The predicted molar refractivity (Wildman–Crippen MR) is 116 cm³/mol. The molecule has 3 aromatic rings. The maximum absolute atomic E-state index is 12.6. The Kier molecular flexibility index (Phi) is 6.93. The molecule has 0 fully saturated rings. The smallest absolute Gasteiger partial charge is 0.233 e. The number of hydrogen-bond donors (Lipinski definition) is 0. The maximum atomic E-state index is 12.6. The summed E-state index contributed by atoms with van der Waals surface area (Å²) in [4.78, 5) is 14.4. The van der Waals surface area contributed by atoms with E-state index in [1.807, 2.05) is 61.7 Å². The maximum Gasteiger partial charge on any atom is 0.233 e. The van der Waals surface area contributed by atoms with Crippen LogP contribution in [-0.4, -0.2) is 44.4 Å². The summed E-state index contributed by atoms with van der Waals surface area (Å²) in [7, 11) is 0. The van der Waals surface area contributed by atoms with Gasteiger partial charge in [0, 0.05) is 18.7 Å². The van der Waals surface area contributed by atoms with E-state index in [2.05, 4.69) is 16.8 Å². The molecule has 3 rings (SSSR count). The van der Waals surface area contributed by atoms with E-state index < -0.39 is 0 Å². The van der Waals surface area contributed by atoms with Gasteiger partial charge in [-0.3, -0.25) is 9.36 Å². The third-order valence-corrected chi connectivity index (χ3v) is 5.47. The topological polar surface area (TPSA) is 64.2 Å². The van der Waals surface area contributed by atoms with Gasteiger partial charge in [0.25, 0.3) is 0 Å². The van der Waals surface area contributed by atoms with Gasteiger partial charge < -0.3 is 9.32 Å². The second-order valence-electron chi connectivity index (χ2n) is 6.94. The second-order valence-corrected chi connectivity index (χ2v) is 7.88. The largest absolute Gasteiger partial charge is 0.467 e. The highest BCUT2D eigenvalue weighted by Crippen LogP contribution is 2.27. The molecule has 0 spiro atoms. The highest BCUT2D eigenvalue weighted by Gasteiger charge is 2.19. The Morgan fingerprint density at radius 2 is 2.03 bits per heavy atom. The summed E-state index contributed by atoms with van der Waals surface area (Å²) in [5.41, 5.74) is 3.10. The molecule has 0 aliphatic carbocycles. The van der Waals surface area contributed by atoms with E-state index in [0.29, 0.717) is 30.5 Å². The van der Waals surface area contributed by atoms with Gasteiger partial charge in [-0.1, -0.05) is 48.2 Å². The number of hydrogen-bond acceptors (Lipinski definition) is 5. The second kappa shape index (κ2) is 9.60. The van der Waals surface area contributed by atoms with Gasteiger partial charge >= 0.3 is 0 Å². The van der Waals surface area contributed by atoms with Crippen LogP contribution >= 0.6 is 11.8 Å². The summed E-state index contributed by atoms with van der Waals surface area (Å²) in [6, 6.07) is 11.9. The average molecular weight is 411 g/mol. The van der Waals surface area contributed by atoms with Gasteiger partial charge in [0.05, 0.1) is 18.6 Å². The molecule has 1 aromatic carbocycles. The zero-order chi connectivity index (χ0) is 20.8. The van der Waals surface area contributed by atoms with Crippen molar-refractivity contribution < 1.29 is 9.21 Å². The number of furan rings is 1. The Balaban J connectivity index is 1.85. The lowest BCUT2D eigenvalue weighted by molar-refractivity contribution is -0.127. The van der Waals surface area contributed by atoms with Crippen LogP contribution in [0.15, 0.2) is 64.4 Å². The molecule has 0 unspecified atom stereocenters. The summed E-state index contributed by atoms with van der Waals surface area (Å²) in [5.74, 6) is 1.94. The highest BCUT2D eigenvalue weighted by molar-refractivity contribution is 7.99. The fourth-order valence-electron chi connectivity index (χ4n) is 3.04. The third kappa shape index (κ3) is 5.17. The molecule has 6 nitrogen and oxygen atoms in total. The molecule has 0 bridgehead atoms. The summed E-state index contributed by atoms with van der Waals surface area (Å²) >= 11 is 1.40. The molecule has 0 aliphatic heterocycles. The van der Waals surface area contributed by atoms with Crippen LogP contribution < -0.4 is 0 Å². The minimum Gasteiger partial charge on any atom is -0.467 e. The minimum atomic E-state index is 0.0606. The van der Waals surface area contributed by atoms with Crippen LogP contribution in [0.3, 0.4) is 0 Å². The zero-order valence-corrected chi connectivity index (χ0v) is 17.9. The number of aryl methyl sites for hydroxylation is 1. The van der Waals surface area contributed by atoms with Gasteiger partial charge in [-0.25, -0.2) is 0 Å². The van der Waals surface area contributed by atoms with E-state index in [4.69, 9.17) is 4.42 Å². The molecule has 0 atom stereocenters. The number of amides is 1. The van der Waals surface area contributed by atoms with E-state index in [9.17, 15) is 4.79 Å². The van der Waals surface area contributed by atoms with E-state index >= 15 is 0 Å². The average Bonchev–Trinajstić information content (AvgIpc) is 3.35. The number of carbonyl (C=O) groups excluding carboxylic acids is 1. The predicted octanol–water partition coefficient (Wildman–Crippen LogP) is 4.41. The number of rotatable bonds is 9. The lowest BCUT2D eigenvalue weighted by atomic mass is 10.1. The van der Waals surface area contributed by atoms with Crippen molar-refractivity contribution in [1.82, 2.24) is 19.7 Å². The van der Waals surface area contributed by atoms with Gasteiger partial charge in [0.15, 0.2) is 11.0 Å². The number of benzene rings is 1. The fraction of sp³-hybridized carbons (Fsp3) is 0.318. The summed E-state index contributed by atoms with van der Waals surface area (Å²) in [6.45, 7) is 11.6. The van der Waals surface area contributed by atoms with Crippen molar-refractivity contribution in [3.8, 4) is 11.4 Å². The molecule has 1 amide bonds. The summed E-state index contributed by atoms with van der Waals surface area (Å²) < 4.78 is 7.55. The first-order valence-electron chi connectivity index (χ1n) is 9.56. The molecule has 152 valence electrons. The van der Waals surface area contributed by atoms with Crippen molar-refractivity contribution in [3.05, 3.63) is 66.1 Å². The Bertz CT molecular complexity index is 979. The van der Waals surface area contributed by atoms with Crippen molar-refractivity contribution >= 4 is 17.7 Å². The van der Waals surface area contributed by atoms with Gasteiger partial charge in [0.1, 0.15) is 5.76 Å². The van der Waals surface area contributed by atoms with Crippen LogP contribution in [0.5, 0.6) is 0 Å². The molecule has 0 aliphatic rings. The van der Waals surface area contributed by atoms with Crippen LogP contribution in [0.4, 0.5) is 0 Å². The fourth-order valence-corrected chi connectivity index (χ4v) is 3.88. The lowest BCUT2D eigenvalue weighted by Crippen LogP contribution is -2.33. The molecule has 7 heteroatoms. The van der Waals surface area contributed by atoms with E-state index in [0.717, 1.165) is 28.3 Å². The molecule has 0 N–H and O–H groups in total. The molecule has 0 radical (unpaired) electrons. The zero-order valence-electron chi connectivity index (χ0n) is 17.1. The third-order valence-electron chi connectivity index (χ3n) is 4.52. The molecular weight excluding hydrogens is 384 g/mol. The summed E-state index contributed by atoms with van der Waals surface area (Å²) in [5, 5.41) is 9.50. The Morgan fingerprint density at radius 3 is 2.69 bits per heavy atom. The lowest BCUT2D eigenvalue weighted by Gasteiger charge is -2.20. The molecular formula is C22H26N4O2S. The van der Waals surface area contributed by atoms with Crippen molar-refractivity contribution in [2.75, 3.05) is 18.8 Å². The van der Waals surface area contributed by atoms with Gasteiger partial charge in [-0.2, -0.15) is 0 Å². The monoisotopic (exact) mass is 410 g/mol. The quantitative estimate of drug-likeness (QED) is 0.386. The highest BCUT2D eigenvalue weighted by atomic mass is 32.2. The van der Waals surface area contributed by atoms with Crippen LogP contribution in [0.25, 0.3) is 11.4 Å². The molecule has 0 saturated carbocycles. The number of likely N-dealkylation sites (N-methyl/N-ethyl adjacent to an activating group) is 1.